The summed E-state index contributed by atoms with van der Waals surface area (Å²) in [7, 11) is -3.86. The fourth-order valence-corrected chi connectivity index (χ4v) is 2.39. The van der Waals surface area contributed by atoms with Gasteiger partial charge < -0.3 is 10.4 Å². The Bertz CT molecular complexity index is 610. The largest absolute Gasteiger partial charge is 0.478 e. The highest BCUT2D eigenvalue weighted by atomic mass is 32.2. The minimum absolute atomic E-state index is 0.00458. The number of sulfonamides is 1. The molecular weight excluding hydrogens is 298 g/mol. The molecule has 1 rings (SSSR count). The minimum atomic E-state index is -3.86. The third kappa shape index (κ3) is 5.48. The zero-order chi connectivity index (χ0) is 16.0. The quantitative estimate of drug-likeness (QED) is 0.649. The SMILES string of the molecule is CC(C)NC(=O)CCNS(=O)(=O)c1ccc(C(=O)O)cn1. The number of carboxylic acid groups (broad SMARTS) is 1. The standard InChI is InChI=1S/C12H17N3O5S/c1-8(2)15-10(16)5-6-14-21(19,20)11-4-3-9(7-13-11)12(17)18/h3-4,7-8,14H,5-6H2,1-2H3,(H,15,16)(H,17,18). The Morgan fingerprint density at radius 1 is 1.33 bits per heavy atom. The van der Waals surface area contributed by atoms with Gasteiger partial charge in [-0.05, 0) is 26.0 Å². The second-order valence-corrected chi connectivity index (χ2v) is 6.27. The number of pyridine rings is 1. The molecule has 116 valence electrons. The maximum absolute atomic E-state index is 11.9. The number of carbonyl (C=O) groups is 2. The van der Waals surface area contributed by atoms with Crippen molar-refractivity contribution in [3.8, 4) is 0 Å². The van der Waals surface area contributed by atoms with E-state index in [0.717, 1.165) is 18.3 Å². The summed E-state index contributed by atoms with van der Waals surface area (Å²) in [5.41, 5.74) is -0.106. The summed E-state index contributed by atoms with van der Waals surface area (Å²) in [5.74, 6) is -1.45. The zero-order valence-corrected chi connectivity index (χ0v) is 12.5. The molecule has 21 heavy (non-hydrogen) atoms. The van der Waals surface area contributed by atoms with Crippen molar-refractivity contribution in [2.45, 2.75) is 31.3 Å². The van der Waals surface area contributed by atoms with Gasteiger partial charge in [0.1, 0.15) is 0 Å². The molecular formula is C12H17N3O5S. The van der Waals surface area contributed by atoms with Crippen LogP contribution >= 0.6 is 0 Å². The lowest BCUT2D eigenvalue weighted by molar-refractivity contribution is -0.121. The molecule has 9 heteroatoms. The molecule has 1 aromatic heterocycles. The molecule has 0 bridgehead atoms. The summed E-state index contributed by atoms with van der Waals surface area (Å²) in [6, 6.07) is 2.23. The molecule has 0 atom stereocenters. The number of nitrogens with zero attached hydrogens (tertiary/aromatic N) is 1. The summed E-state index contributed by atoms with van der Waals surface area (Å²) >= 11 is 0. The van der Waals surface area contributed by atoms with Gasteiger partial charge in [0.05, 0.1) is 5.56 Å². The fourth-order valence-electron chi connectivity index (χ4n) is 1.43. The lowest BCUT2D eigenvalue weighted by Crippen LogP contribution is -2.34. The number of hydrogen-bond donors (Lipinski definition) is 3. The van der Waals surface area contributed by atoms with Gasteiger partial charge in [0.2, 0.25) is 5.91 Å². The Kier molecular flexibility index (Phi) is 5.79. The maximum atomic E-state index is 11.9. The molecule has 1 aromatic rings. The van der Waals surface area contributed by atoms with E-state index >= 15 is 0 Å². The first-order chi connectivity index (χ1) is 9.72. The van der Waals surface area contributed by atoms with Crippen LogP contribution < -0.4 is 10.0 Å². The summed E-state index contributed by atoms with van der Waals surface area (Å²) in [4.78, 5) is 25.6. The van der Waals surface area contributed by atoms with Crippen molar-refractivity contribution in [1.82, 2.24) is 15.0 Å². The maximum Gasteiger partial charge on any atom is 0.337 e. The average Bonchev–Trinajstić information content (AvgIpc) is 2.37. The second-order valence-electron chi connectivity index (χ2n) is 4.56. The van der Waals surface area contributed by atoms with E-state index in [1.54, 1.807) is 13.8 Å². The predicted molar refractivity (Wildman–Crippen MR) is 74.3 cm³/mol. The summed E-state index contributed by atoms with van der Waals surface area (Å²) in [6.45, 7) is 3.54. The van der Waals surface area contributed by atoms with Crippen molar-refractivity contribution in [2.75, 3.05) is 6.54 Å². The molecule has 0 spiro atoms. The number of rotatable bonds is 7. The van der Waals surface area contributed by atoms with E-state index < -0.39 is 16.0 Å². The van der Waals surface area contributed by atoms with Gasteiger partial charge >= 0.3 is 5.97 Å². The highest BCUT2D eigenvalue weighted by Crippen LogP contribution is 2.06. The first kappa shape index (κ1) is 17.1. The van der Waals surface area contributed by atoms with E-state index in [1.807, 2.05) is 0 Å². The van der Waals surface area contributed by atoms with Crippen LogP contribution in [0.3, 0.4) is 0 Å². The number of hydrogen-bond acceptors (Lipinski definition) is 5. The number of aromatic carboxylic acids is 1. The lowest BCUT2D eigenvalue weighted by atomic mass is 10.3. The van der Waals surface area contributed by atoms with E-state index in [1.165, 1.54) is 0 Å². The zero-order valence-electron chi connectivity index (χ0n) is 11.7. The van der Waals surface area contributed by atoms with Gasteiger partial charge in [-0.1, -0.05) is 0 Å². The molecule has 0 saturated heterocycles. The van der Waals surface area contributed by atoms with Crippen LogP contribution in [0.4, 0.5) is 0 Å². The van der Waals surface area contributed by atoms with E-state index in [4.69, 9.17) is 5.11 Å². The van der Waals surface area contributed by atoms with Gasteiger partial charge in [0.15, 0.2) is 5.03 Å². The van der Waals surface area contributed by atoms with Crippen molar-refractivity contribution in [2.24, 2.45) is 0 Å². The van der Waals surface area contributed by atoms with Gasteiger partial charge in [0, 0.05) is 25.2 Å². The van der Waals surface area contributed by atoms with Crippen LogP contribution in [0.2, 0.25) is 0 Å². The van der Waals surface area contributed by atoms with E-state index in [9.17, 15) is 18.0 Å². The molecule has 3 N–H and O–H groups in total. The van der Waals surface area contributed by atoms with Gasteiger partial charge in [-0.15, -0.1) is 0 Å². The van der Waals surface area contributed by atoms with Crippen molar-refractivity contribution < 1.29 is 23.1 Å². The predicted octanol–water partition coefficient (Wildman–Crippen LogP) is -0.0272. The monoisotopic (exact) mass is 315 g/mol. The smallest absolute Gasteiger partial charge is 0.337 e. The number of amides is 1. The number of nitrogens with one attached hydrogen (secondary N) is 2. The van der Waals surface area contributed by atoms with E-state index in [-0.39, 0.29) is 35.5 Å². The second kappa shape index (κ2) is 7.14. The Labute approximate surface area is 122 Å². The first-order valence-corrected chi connectivity index (χ1v) is 7.69. The Morgan fingerprint density at radius 2 is 2.00 bits per heavy atom. The van der Waals surface area contributed by atoms with Gasteiger partial charge in [0.25, 0.3) is 10.0 Å². The average molecular weight is 315 g/mol. The first-order valence-electron chi connectivity index (χ1n) is 6.21. The molecule has 0 radical (unpaired) electrons. The van der Waals surface area contributed by atoms with E-state index in [2.05, 4.69) is 15.0 Å². The lowest BCUT2D eigenvalue weighted by Gasteiger charge is -2.09. The molecule has 0 aliphatic carbocycles. The van der Waals surface area contributed by atoms with Crippen molar-refractivity contribution in [1.29, 1.82) is 0 Å². The van der Waals surface area contributed by atoms with Crippen LogP contribution in [0, 0.1) is 0 Å². The van der Waals surface area contributed by atoms with Gasteiger partial charge in [-0.25, -0.2) is 22.9 Å². The third-order valence-electron chi connectivity index (χ3n) is 2.35. The number of carbonyl (C=O) groups excluding carboxylic acids is 1. The number of aromatic nitrogens is 1. The number of carboxylic acids is 1. The summed E-state index contributed by atoms with van der Waals surface area (Å²) in [5, 5.41) is 11.0. The normalized spacial score (nSPS) is 11.4. The van der Waals surface area contributed by atoms with Crippen LogP contribution in [0.5, 0.6) is 0 Å². The van der Waals surface area contributed by atoms with Crippen molar-refractivity contribution >= 4 is 21.9 Å². The van der Waals surface area contributed by atoms with Crippen LogP contribution in [0.1, 0.15) is 30.6 Å². The Hall–Kier alpha value is -2.00. The summed E-state index contributed by atoms with van der Waals surface area (Å²) in [6.07, 6.45) is 0.965. The summed E-state index contributed by atoms with van der Waals surface area (Å²) < 4.78 is 26.0. The van der Waals surface area contributed by atoms with Crippen molar-refractivity contribution in [3.05, 3.63) is 23.9 Å². The minimum Gasteiger partial charge on any atom is -0.478 e. The molecule has 0 unspecified atom stereocenters. The van der Waals surface area contributed by atoms with E-state index in [0.29, 0.717) is 0 Å². The molecule has 0 saturated carbocycles. The highest BCUT2D eigenvalue weighted by Gasteiger charge is 2.16. The highest BCUT2D eigenvalue weighted by molar-refractivity contribution is 7.89. The topological polar surface area (TPSA) is 125 Å². The molecule has 0 aromatic carbocycles. The molecule has 0 fully saturated rings. The van der Waals surface area contributed by atoms with Crippen molar-refractivity contribution in [3.63, 3.8) is 0 Å². The Morgan fingerprint density at radius 3 is 2.48 bits per heavy atom. The third-order valence-corrected chi connectivity index (χ3v) is 3.73. The van der Waals surface area contributed by atoms with Gasteiger partial charge in [-0.2, -0.15) is 0 Å². The molecule has 8 nitrogen and oxygen atoms in total. The molecule has 1 heterocycles. The van der Waals surface area contributed by atoms with Crippen LogP contribution in [0.25, 0.3) is 0 Å². The molecule has 0 aliphatic heterocycles. The van der Waals surface area contributed by atoms with Gasteiger partial charge in [-0.3, -0.25) is 4.79 Å². The molecule has 1 amide bonds. The molecule has 0 aliphatic rings. The van der Waals surface area contributed by atoms with Crippen LogP contribution in [-0.2, 0) is 14.8 Å². The Balaban J connectivity index is 2.61. The van der Waals surface area contributed by atoms with Crippen LogP contribution in [-0.4, -0.2) is 43.0 Å². The fraction of sp³-hybridized carbons (Fsp3) is 0.417. The van der Waals surface area contributed by atoms with Crippen LogP contribution in [0.15, 0.2) is 23.4 Å².